The molecule has 3 aromatic carbocycles. The van der Waals surface area contributed by atoms with Crippen LogP contribution in [0, 0.1) is 0 Å². The predicted octanol–water partition coefficient (Wildman–Crippen LogP) is 6.27. The van der Waals surface area contributed by atoms with Crippen molar-refractivity contribution in [2.45, 2.75) is 32.0 Å². The zero-order chi connectivity index (χ0) is 26.1. The minimum atomic E-state index is -1.05. The number of carboxylic acids is 1. The standard InChI is InChI=1S/C30H28N4O4/c1-37-23-10-5-19(6-11-23)18-32-29-24-16-21(8-7-20(24)13-14-31-29)22-9-12-26-25(17-22)28(30(35)36)33-34(26)27-4-2-3-15-38-27/h5-14,16-17,27H,2-4,15,18H2,1H3,(H,31,32)(H,35,36). The van der Waals surface area contributed by atoms with Gasteiger partial charge in [0.1, 0.15) is 11.6 Å². The first-order valence-corrected chi connectivity index (χ1v) is 12.7. The van der Waals surface area contributed by atoms with Crippen LogP contribution in [0.2, 0.25) is 0 Å². The molecule has 8 heteroatoms. The van der Waals surface area contributed by atoms with E-state index in [1.165, 1.54) is 0 Å². The van der Waals surface area contributed by atoms with Crippen molar-refractivity contribution in [3.8, 4) is 16.9 Å². The van der Waals surface area contributed by atoms with Gasteiger partial charge < -0.3 is 19.9 Å². The van der Waals surface area contributed by atoms with E-state index in [9.17, 15) is 9.90 Å². The second-order valence-corrected chi connectivity index (χ2v) is 9.45. The second-order valence-electron chi connectivity index (χ2n) is 9.45. The summed E-state index contributed by atoms with van der Waals surface area (Å²) in [5.74, 6) is 0.561. The lowest BCUT2D eigenvalue weighted by Crippen LogP contribution is -2.19. The highest BCUT2D eigenvalue weighted by Crippen LogP contribution is 2.33. The third-order valence-electron chi connectivity index (χ3n) is 7.06. The lowest BCUT2D eigenvalue weighted by atomic mass is 10.00. The average Bonchev–Trinajstić information content (AvgIpc) is 3.36. The van der Waals surface area contributed by atoms with Gasteiger partial charge in [-0.3, -0.25) is 0 Å². The van der Waals surface area contributed by atoms with E-state index >= 15 is 0 Å². The van der Waals surface area contributed by atoms with Gasteiger partial charge in [-0.2, -0.15) is 5.10 Å². The number of carboxylic acid groups (broad SMARTS) is 1. The molecule has 1 saturated heterocycles. The van der Waals surface area contributed by atoms with Gasteiger partial charge in [0.25, 0.3) is 0 Å². The molecule has 0 aliphatic carbocycles. The van der Waals surface area contributed by atoms with Crippen LogP contribution in [0.3, 0.4) is 0 Å². The molecule has 0 radical (unpaired) electrons. The van der Waals surface area contributed by atoms with Crippen LogP contribution >= 0.6 is 0 Å². The number of benzene rings is 3. The Kier molecular flexibility index (Phi) is 6.39. The molecule has 0 saturated carbocycles. The van der Waals surface area contributed by atoms with Gasteiger partial charge in [0.15, 0.2) is 11.9 Å². The van der Waals surface area contributed by atoms with E-state index in [1.54, 1.807) is 18.0 Å². The molecular weight excluding hydrogens is 480 g/mol. The summed E-state index contributed by atoms with van der Waals surface area (Å²) in [5, 5.41) is 20.4. The molecule has 1 aliphatic rings. The van der Waals surface area contributed by atoms with Gasteiger partial charge >= 0.3 is 5.97 Å². The summed E-state index contributed by atoms with van der Waals surface area (Å²) in [6, 6.07) is 22.0. The summed E-state index contributed by atoms with van der Waals surface area (Å²) >= 11 is 0. The van der Waals surface area contributed by atoms with Gasteiger partial charge in [-0.05, 0) is 77.7 Å². The fourth-order valence-corrected chi connectivity index (χ4v) is 5.03. The number of carbonyl (C=O) groups is 1. The van der Waals surface area contributed by atoms with Crippen molar-refractivity contribution in [3.05, 3.63) is 84.2 Å². The molecule has 192 valence electrons. The average molecular weight is 509 g/mol. The number of hydrogen-bond acceptors (Lipinski definition) is 6. The number of ether oxygens (including phenoxy) is 2. The smallest absolute Gasteiger partial charge is 0.357 e. The number of rotatable bonds is 7. The summed E-state index contributed by atoms with van der Waals surface area (Å²) in [6.45, 7) is 1.28. The Hall–Kier alpha value is -4.43. The van der Waals surface area contributed by atoms with Crippen LogP contribution in [0.25, 0.3) is 32.8 Å². The van der Waals surface area contributed by atoms with Gasteiger partial charge in [0.2, 0.25) is 0 Å². The van der Waals surface area contributed by atoms with Crippen LogP contribution in [0.1, 0.15) is 41.5 Å². The summed E-state index contributed by atoms with van der Waals surface area (Å²) in [7, 11) is 1.66. The van der Waals surface area contributed by atoms with E-state index in [2.05, 4.69) is 27.5 Å². The van der Waals surface area contributed by atoms with E-state index in [0.717, 1.165) is 63.8 Å². The zero-order valence-electron chi connectivity index (χ0n) is 21.1. The van der Waals surface area contributed by atoms with Gasteiger partial charge in [0, 0.05) is 30.1 Å². The molecule has 5 aromatic rings. The van der Waals surface area contributed by atoms with Gasteiger partial charge in [0.05, 0.1) is 12.6 Å². The monoisotopic (exact) mass is 508 g/mol. The minimum Gasteiger partial charge on any atom is -0.497 e. The summed E-state index contributed by atoms with van der Waals surface area (Å²) in [6.07, 6.45) is 4.43. The molecule has 8 nitrogen and oxygen atoms in total. The molecule has 2 N–H and O–H groups in total. The number of aromatic nitrogens is 3. The quantitative estimate of drug-likeness (QED) is 0.267. The van der Waals surface area contributed by atoms with Gasteiger partial charge in [-0.25, -0.2) is 14.5 Å². The molecule has 1 atom stereocenters. The largest absolute Gasteiger partial charge is 0.497 e. The molecule has 0 spiro atoms. The molecule has 38 heavy (non-hydrogen) atoms. The van der Waals surface area contributed by atoms with Crippen molar-refractivity contribution in [2.24, 2.45) is 0 Å². The van der Waals surface area contributed by atoms with Gasteiger partial charge in [-0.1, -0.05) is 30.3 Å². The van der Waals surface area contributed by atoms with Crippen molar-refractivity contribution < 1.29 is 19.4 Å². The van der Waals surface area contributed by atoms with E-state index < -0.39 is 5.97 Å². The normalized spacial score (nSPS) is 15.6. The third-order valence-corrected chi connectivity index (χ3v) is 7.06. The Labute approximate surface area is 219 Å². The number of fused-ring (bicyclic) bond motifs is 2. The van der Waals surface area contributed by atoms with Crippen LogP contribution in [-0.2, 0) is 11.3 Å². The number of aromatic carboxylic acids is 1. The molecule has 1 unspecified atom stereocenters. The first-order chi connectivity index (χ1) is 18.6. The number of anilines is 1. The summed E-state index contributed by atoms with van der Waals surface area (Å²) < 4.78 is 12.9. The SMILES string of the molecule is COc1ccc(CNc2nccc3ccc(-c4ccc5c(c4)c(C(=O)O)nn5C4CCCCO4)cc23)cc1. The Morgan fingerprint density at radius 2 is 1.84 bits per heavy atom. The highest BCUT2D eigenvalue weighted by molar-refractivity contribution is 6.03. The molecule has 6 rings (SSSR count). The summed E-state index contributed by atoms with van der Waals surface area (Å²) in [5.41, 5.74) is 3.81. The lowest BCUT2D eigenvalue weighted by molar-refractivity contribution is -0.0368. The first kappa shape index (κ1) is 23.9. The Morgan fingerprint density at radius 3 is 2.58 bits per heavy atom. The Morgan fingerprint density at radius 1 is 1.05 bits per heavy atom. The number of nitrogens with one attached hydrogen (secondary N) is 1. The fourth-order valence-electron chi connectivity index (χ4n) is 5.03. The number of hydrogen-bond donors (Lipinski definition) is 2. The Bertz CT molecular complexity index is 1620. The van der Waals surface area contributed by atoms with Crippen LogP contribution in [0.15, 0.2) is 72.9 Å². The number of methoxy groups -OCH3 is 1. The third kappa shape index (κ3) is 4.54. The maximum atomic E-state index is 12.1. The van der Waals surface area contributed by atoms with E-state index in [1.807, 2.05) is 54.6 Å². The van der Waals surface area contributed by atoms with Crippen LogP contribution in [0.5, 0.6) is 5.75 Å². The number of pyridine rings is 1. The van der Waals surface area contributed by atoms with Crippen molar-refractivity contribution in [1.29, 1.82) is 0 Å². The molecule has 0 amide bonds. The molecular formula is C30H28N4O4. The zero-order valence-corrected chi connectivity index (χ0v) is 21.1. The topological polar surface area (TPSA) is 98.5 Å². The van der Waals surface area contributed by atoms with Crippen molar-refractivity contribution in [2.75, 3.05) is 19.0 Å². The maximum Gasteiger partial charge on any atom is 0.357 e. The highest BCUT2D eigenvalue weighted by atomic mass is 16.5. The predicted molar refractivity (Wildman–Crippen MR) is 147 cm³/mol. The van der Waals surface area contributed by atoms with Crippen molar-refractivity contribution in [3.63, 3.8) is 0 Å². The molecule has 3 heterocycles. The van der Waals surface area contributed by atoms with E-state index in [4.69, 9.17) is 9.47 Å². The van der Waals surface area contributed by atoms with Crippen molar-refractivity contribution >= 4 is 33.5 Å². The Balaban J connectivity index is 1.35. The number of nitrogens with zero attached hydrogens (tertiary/aromatic N) is 3. The molecule has 1 aliphatic heterocycles. The van der Waals surface area contributed by atoms with Gasteiger partial charge in [-0.15, -0.1) is 0 Å². The molecule has 2 aromatic heterocycles. The fraction of sp³-hybridized carbons (Fsp3) is 0.233. The highest BCUT2D eigenvalue weighted by Gasteiger charge is 2.24. The minimum absolute atomic E-state index is 0.0420. The van der Waals surface area contributed by atoms with Crippen LogP contribution < -0.4 is 10.1 Å². The second kappa shape index (κ2) is 10.1. The van der Waals surface area contributed by atoms with Crippen molar-refractivity contribution in [1.82, 2.24) is 14.8 Å². The van der Waals surface area contributed by atoms with E-state index in [0.29, 0.717) is 18.5 Å². The molecule has 1 fully saturated rings. The van der Waals surface area contributed by atoms with Crippen LogP contribution in [-0.4, -0.2) is 39.6 Å². The van der Waals surface area contributed by atoms with Crippen LogP contribution in [0.4, 0.5) is 5.82 Å². The maximum absolute atomic E-state index is 12.1. The summed E-state index contributed by atoms with van der Waals surface area (Å²) in [4.78, 5) is 16.7. The molecule has 0 bridgehead atoms. The first-order valence-electron chi connectivity index (χ1n) is 12.7. The van der Waals surface area contributed by atoms with E-state index in [-0.39, 0.29) is 11.9 Å². The lowest BCUT2D eigenvalue weighted by Gasteiger charge is -2.23.